The molecular weight excluding hydrogens is 502 g/mol. The zero-order valence-corrected chi connectivity index (χ0v) is 21.7. The van der Waals surface area contributed by atoms with Gasteiger partial charge in [-0.3, -0.25) is 10.1 Å². The number of pyridine rings is 1. The van der Waals surface area contributed by atoms with Crippen LogP contribution in [-0.2, 0) is 16.1 Å². The Bertz CT molecular complexity index is 1120. The third-order valence-corrected chi connectivity index (χ3v) is 5.65. The topological polar surface area (TPSA) is 130 Å². The number of hydrogen-bond acceptors (Lipinski definition) is 7. The molecule has 37 heavy (non-hydrogen) atoms. The molecule has 0 spiro atoms. The maximum atomic E-state index is 13.1. The summed E-state index contributed by atoms with van der Waals surface area (Å²) in [5, 5.41) is 3.17. The van der Waals surface area contributed by atoms with E-state index < -0.39 is 35.8 Å². The summed E-state index contributed by atoms with van der Waals surface area (Å²) in [7, 11) is 0. The number of piperidine rings is 1. The molecule has 2 heterocycles. The van der Waals surface area contributed by atoms with Crippen molar-refractivity contribution in [3.05, 3.63) is 64.9 Å². The maximum Gasteiger partial charge on any atom is 0.426 e. The quantitative estimate of drug-likeness (QED) is 0.448. The van der Waals surface area contributed by atoms with Crippen molar-refractivity contribution in [3.8, 4) is 0 Å². The van der Waals surface area contributed by atoms with E-state index in [1.54, 1.807) is 20.8 Å². The van der Waals surface area contributed by atoms with Gasteiger partial charge in [0.1, 0.15) is 17.4 Å². The highest BCUT2D eigenvalue weighted by Crippen LogP contribution is 2.18. The van der Waals surface area contributed by atoms with Crippen molar-refractivity contribution in [1.82, 2.24) is 25.6 Å². The van der Waals surface area contributed by atoms with Gasteiger partial charge in [-0.25, -0.2) is 29.8 Å². The molecule has 0 aliphatic carbocycles. The SMILES string of the molecule is CC(C)(C)OC(=O)NN(C(=O)NC(=O)c1cccnc1Cl)C1CCN(C(=O)OCc2ccccc2)CC1. The molecule has 198 valence electrons. The molecule has 1 aliphatic heterocycles. The fourth-order valence-corrected chi connectivity index (χ4v) is 3.81. The average molecular weight is 532 g/mol. The van der Waals surface area contributed by atoms with Gasteiger partial charge < -0.3 is 14.4 Å². The molecule has 1 saturated heterocycles. The molecule has 1 aromatic carbocycles. The van der Waals surface area contributed by atoms with E-state index in [0.29, 0.717) is 12.8 Å². The number of rotatable bonds is 4. The number of nitrogens with one attached hydrogen (secondary N) is 2. The van der Waals surface area contributed by atoms with Crippen molar-refractivity contribution < 1.29 is 28.7 Å². The highest BCUT2D eigenvalue weighted by molar-refractivity contribution is 6.33. The third kappa shape index (κ3) is 8.35. The molecule has 0 unspecified atom stereocenters. The summed E-state index contributed by atoms with van der Waals surface area (Å²) in [4.78, 5) is 56.0. The van der Waals surface area contributed by atoms with E-state index in [4.69, 9.17) is 21.1 Å². The fraction of sp³-hybridized carbons (Fsp3) is 0.400. The summed E-state index contributed by atoms with van der Waals surface area (Å²) in [6.45, 7) is 5.76. The third-order valence-electron chi connectivity index (χ3n) is 5.35. The molecule has 3 rings (SSSR count). The highest BCUT2D eigenvalue weighted by atomic mass is 35.5. The number of halogens is 1. The molecular formula is C25H30ClN5O6. The summed E-state index contributed by atoms with van der Waals surface area (Å²) in [6.07, 6.45) is 0.728. The number of imide groups is 1. The van der Waals surface area contributed by atoms with Gasteiger partial charge in [0, 0.05) is 19.3 Å². The Hall–Kier alpha value is -3.86. The number of ether oxygens (including phenoxy) is 2. The first kappa shape index (κ1) is 27.7. The van der Waals surface area contributed by atoms with Crippen LogP contribution in [0.5, 0.6) is 0 Å². The van der Waals surface area contributed by atoms with Gasteiger partial charge in [-0.1, -0.05) is 41.9 Å². The average Bonchev–Trinajstić information content (AvgIpc) is 2.85. The molecule has 1 aliphatic rings. The number of carbonyl (C=O) groups is 4. The Kier molecular flexibility index (Phi) is 9.29. The van der Waals surface area contributed by atoms with E-state index in [9.17, 15) is 19.2 Å². The zero-order valence-electron chi connectivity index (χ0n) is 20.9. The lowest BCUT2D eigenvalue weighted by Crippen LogP contribution is -2.59. The standard InChI is InChI=1S/C25H30ClN5O6/c1-25(2,3)37-23(34)29-31(22(33)28-21(32)19-10-7-13-27-20(19)26)18-11-14-30(15-12-18)24(35)36-16-17-8-5-4-6-9-17/h4-10,13,18H,11-12,14-16H2,1-3H3,(H,29,34)(H,28,32,33). The first-order chi connectivity index (χ1) is 17.5. The summed E-state index contributed by atoms with van der Waals surface area (Å²) in [6, 6.07) is 10.8. The van der Waals surface area contributed by atoms with Gasteiger partial charge in [-0.2, -0.15) is 0 Å². The van der Waals surface area contributed by atoms with Gasteiger partial charge in [0.15, 0.2) is 0 Å². The van der Waals surface area contributed by atoms with E-state index in [2.05, 4.69) is 15.7 Å². The smallest absolute Gasteiger partial charge is 0.426 e. The lowest BCUT2D eigenvalue weighted by atomic mass is 10.1. The van der Waals surface area contributed by atoms with Crippen LogP contribution >= 0.6 is 11.6 Å². The molecule has 5 amide bonds. The van der Waals surface area contributed by atoms with Gasteiger partial charge in [0.05, 0.1) is 11.6 Å². The van der Waals surface area contributed by atoms with Gasteiger partial charge in [0.25, 0.3) is 5.91 Å². The Morgan fingerprint density at radius 1 is 1.08 bits per heavy atom. The van der Waals surface area contributed by atoms with Crippen LogP contribution in [0, 0.1) is 0 Å². The minimum Gasteiger partial charge on any atom is -0.445 e. The van der Waals surface area contributed by atoms with Crippen LogP contribution in [0.4, 0.5) is 14.4 Å². The lowest BCUT2D eigenvalue weighted by molar-refractivity contribution is 0.0238. The van der Waals surface area contributed by atoms with Crippen molar-refractivity contribution in [1.29, 1.82) is 0 Å². The second-order valence-electron chi connectivity index (χ2n) is 9.34. The largest absolute Gasteiger partial charge is 0.445 e. The van der Waals surface area contributed by atoms with E-state index >= 15 is 0 Å². The fourth-order valence-electron chi connectivity index (χ4n) is 3.60. The van der Waals surface area contributed by atoms with Crippen molar-refractivity contribution >= 4 is 35.7 Å². The van der Waals surface area contributed by atoms with Crippen LogP contribution in [0.1, 0.15) is 49.5 Å². The number of amides is 5. The number of hydrazine groups is 1. The minimum absolute atomic E-state index is 0.00529. The number of aromatic nitrogens is 1. The second kappa shape index (κ2) is 12.4. The molecule has 0 bridgehead atoms. The summed E-state index contributed by atoms with van der Waals surface area (Å²) in [5.41, 5.74) is 2.50. The van der Waals surface area contributed by atoms with Gasteiger partial charge in [-0.15, -0.1) is 0 Å². The predicted octanol–water partition coefficient (Wildman–Crippen LogP) is 4.13. The van der Waals surface area contributed by atoms with Crippen molar-refractivity contribution in [2.45, 2.75) is 51.9 Å². The Morgan fingerprint density at radius 3 is 2.38 bits per heavy atom. The number of likely N-dealkylation sites (tertiary alicyclic amines) is 1. The lowest BCUT2D eigenvalue weighted by Gasteiger charge is -2.37. The highest BCUT2D eigenvalue weighted by Gasteiger charge is 2.33. The number of hydrogen-bond donors (Lipinski definition) is 2. The van der Waals surface area contributed by atoms with Crippen LogP contribution in [0.15, 0.2) is 48.7 Å². The van der Waals surface area contributed by atoms with E-state index in [1.165, 1.54) is 23.2 Å². The monoisotopic (exact) mass is 531 g/mol. The van der Waals surface area contributed by atoms with Crippen LogP contribution in [0.25, 0.3) is 0 Å². The van der Waals surface area contributed by atoms with Crippen LogP contribution in [0.3, 0.4) is 0 Å². The van der Waals surface area contributed by atoms with Crippen LogP contribution in [0.2, 0.25) is 5.15 Å². The van der Waals surface area contributed by atoms with Crippen molar-refractivity contribution in [2.24, 2.45) is 0 Å². The Balaban J connectivity index is 1.64. The second-order valence-corrected chi connectivity index (χ2v) is 9.70. The van der Waals surface area contributed by atoms with E-state index in [-0.39, 0.29) is 30.4 Å². The summed E-state index contributed by atoms with van der Waals surface area (Å²) < 4.78 is 10.7. The molecule has 0 atom stereocenters. The first-order valence-electron chi connectivity index (χ1n) is 11.7. The number of benzene rings is 1. The molecule has 1 fully saturated rings. The molecule has 2 N–H and O–H groups in total. The minimum atomic E-state index is -0.874. The summed E-state index contributed by atoms with van der Waals surface area (Å²) in [5.74, 6) is -0.777. The molecule has 12 heteroatoms. The Morgan fingerprint density at radius 2 is 1.76 bits per heavy atom. The molecule has 1 aromatic heterocycles. The van der Waals surface area contributed by atoms with Gasteiger partial charge in [-0.05, 0) is 51.3 Å². The van der Waals surface area contributed by atoms with Crippen LogP contribution in [-0.4, -0.2) is 63.7 Å². The molecule has 2 aromatic rings. The Labute approximate surface area is 220 Å². The van der Waals surface area contributed by atoms with Crippen molar-refractivity contribution in [2.75, 3.05) is 13.1 Å². The number of nitrogens with zero attached hydrogens (tertiary/aromatic N) is 3. The number of carbonyl (C=O) groups excluding carboxylic acids is 4. The number of urea groups is 1. The van der Waals surface area contributed by atoms with Gasteiger partial charge in [0.2, 0.25) is 0 Å². The predicted molar refractivity (Wildman–Crippen MR) is 135 cm³/mol. The van der Waals surface area contributed by atoms with Gasteiger partial charge >= 0.3 is 18.2 Å². The zero-order chi connectivity index (χ0) is 27.0. The molecule has 0 radical (unpaired) electrons. The first-order valence-corrected chi connectivity index (χ1v) is 12.1. The van der Waals surface area contributed by atoms with Crippen LogP contribution < -0.4 is 10.7 Å². The van der Waals surface area contributed by atoms with E-state index in [0.717, 1.165) is 10.6 Å². The summed E-state index contributed by atoms with van der Waals surface area (Å²) >= 11 is 5.96. The molecule has 0 saturated carbocycles. The van der Waals surface area contributed by atoms with Crippen molar-refractivity contribution in [3.63, 3.8) is 0 Å². The maximum absolute atomic E-state index is 13.1. The molecule has 11 nitrogen and oxygen atoms in total. The van der Waals surface area contributed by atoms with E-state index in [1.807, 2.05) is 30.3 Å². The normalized spacial score (nSPS) is 13.9.